The molecule has 2 aromatic carbocycles. The first-order valence-corrected chi connectivity index (χ1v) is 10.5. The maximum atomic E-state index is 14.2. The van der Waals surface area contributed by atoms with Crippen molar-refractivity contribution >= 4 is 39.6 Å². The second-order valence-corrected chi connectivity index (χ2v) is 8.33. The molecule has 2 atom stereocenters. The van der Waals surface area contributed by atoms with Gasteiger partial charge in [-0.3, -0.25) is 0 Å². The Bertz CT molecular complexity index is 1110. The van der Waals surface area contributed by atoms with Crippen molar-refractivity contribution in [1.29, 1.82) is 0 Å². The van der Waals surface area contributed by atoms with Crippen LogP contribution >= 0.6 is 22.6 Å². The maximum absolute atomic E-state index is 14.2. The van der Waals surface area contributed by atoms with Crippen LogP contribution in [0.1, 0.15) is 12.0 Å². The lowest BCUT2D eigenvalue weighted by Crippen LogP contribution is -2.50. The summed E-state index contributed by atoms with van der Waals surface area (Å²) in [5.74, 6) is -1.79. The Morgan fingerprint density at radius 3 is 2.71 bits per heavy atom. The second-order valence-electron chi connectivity index (χ2n) is 7.25. The van der Waals surface area contributed by atoms with Gasteiger partial charge in [-0.05, 0) is 35.1 Å². The van der Waals surface area contributed by atoms with Crippen LogP contribution in [0.3, 0.4) is 0 Å². The van der Waals surface area contributed by atoms with Crippen LogP contribution < -0.4 is 15.4 Å². The summed E-state index contributed by atoms with van der Waals surface area (Å²) < 4.78 is 74.1. The Kier molecular flexibility index (Phi) is 6.24. The van der Waals surface area contributed by atoms with Crippen molar-refractivity contribution < 1.29 is 26.7 Å². The molecular formula is C20H18F5IN4O. The molecule has 31 heavy (non-hydrogen) atoms. The van der Waals surface area contributed by atoms with Crippen molar-refractivity contribution in [3.05, 3.63) is 51.1 Å². The maximum Gasteiger partial charge on any atom is 0.387 e. The third kappa shape index (κ3) is 4.29. The van der Waals surface area contributed by atoms with Gasteiger partial charge in [0, 0.05) is 24.7 Å². The summed E-state index contributed by atoms with van der Waals surface area (Å²) in [5, 5.41) is 0. The van der Waals surface area contributed by atoms with Crippen LogP contribution in [-0.2, 0) is 6.54 Å². The number of benzene rings is 2. The van der Waals surface area contributed by atoms with Gasteiger partial charge in [-0.25, -0.2) is 18.2 Å². The molecule has 5 nitrogen and oxygen atoms in total. The van der Waals surface area contributed by atoms with E-state index in [-0.39, 0.29) is 39.9 Å². The number of para-hydroxylation sites is 1. The van der Waals surface area contributed by atoms with Gasteiger partial charge in [0.05, 0.1) is 21.7 Å². The molecule has 0 spiro atoms. The Morgan fingerprint density at radius 1 is 1.26 bits per heavy atom. The summed E-state index contributed by atoms with van der Waals surface area (Å²) >= 11 is 1.67. The van der Waals surface area contributed by atoms with Gasteiger partial charge in [0.25, 0.3) is 0 Å². The number of nitrogens with zero attached hydrogens (tertiary/aromatic N) is 3. The number of ether oxygens (including phenoxy) is 1. The van der Waals surface area contributed by atoms with Crippen LogP contribution in [0, 0.1) is 15.2 Å². The predicted molar refractivity (Wildman–Crippen MR) is 114 cm³/mol. The molecule has 2 heterocycles. The van der Waals surface area contributed by atoms with Crippen LogP contribution in [0.4, 0.5) is 27.9 Å². The van der Waals surface area contributed by atoms with Crippen molar-refractivity contribution in [3.8, 4) is 5.75 Å². The van der Waals surface area contributed by atoms with Gasteiger partial charge in [0.15, 0.2) is 11.6 Å². The summed E-state index contributed by atoms with van der Waals surface area (Å²) in [5.41, 5.74) is 6.78. The van der Waals surface area contributed by atoms with Crippen LogP contribution in [0.5, 0.6) is 5.75 Å². The van der Waals surface area contributed by atoms with Gasteiger partial charge in [0.2, 0.25) is 5.95 Å². The lowest BCUT2D eigenvalue weighted by Gasteiger charge is -2.34. The number of hydrogen-bond acceptors (Lipinski definition) is 4. The average molecular weight is 552 g/mol. The molecule has 4 rings (SSSR count). The number of halogens is 6. The third-order valence-electron chi connectivity index (χ3n) is 5.23. The zero-order chi connectivity index (χ0) is 22.3. The fourth-order valence-electron chi connectivity index (χ4n) is 3.70. The van der Waals surface area contributed by atoms with E-state index in [1.165, 1.54) is 6.07 Å². The summed E-state index contributed by atoms with van der Waals surface area (Å²) in [6.45, 7) is -2.56. The molecule has 0 amide bonds. The largest absolute Gasteiger partial charge is 0.434 e. The highest BCUT2D eigenvalue weighted by molar-refractivity contribution is 14.1. The first-order chi connectivity index (χ1) is 14.8. The fraction of sp³-hybridized carbons (Fsp3) is 0.350. The normalized spacial score (nSPS) is 19.4. The number of piperidine rings is 1. The van der Waals surface area contributed by atoms with Gasteiger partial charge in [-0.2, -0.15) is 8.78 Å². The topological polar surface area (TPSA) is 56.3 Å². The van der Waals surface area contributed by atoms with E-state index >= 15 is 0 Å². The Morgan fingerprint density at radius 2 is 2.00 bits per heavy atom. The number of hydrogen-bond donors (Lipinski definition) is 1. The second kappa shape index (κ2) is 8.77. The summed E-state index contributed by atoms with van der Waals surface area (Å²) in [4.78, 5) is 6.23. The van der Waals surface area contributed by atoms with E-state index in [0.29, 0.717) is 18.1 Å². The summed E-state index contributed by atoms with van der Waals surface area (Å²) in [7, 11) is 0. The molecular weight excluding hydrogens is 534 g/mol. The van der Waals surface area contributed by atoms with Crippen molar-refractivity contribution in [2.45, 2.75) is 31.8 Å². The van der Waals surface area contributed by atoms with Crippen molar-refractivity contribution in [2.75, 3.05) is 18.0 Å². The number of rotatable bonds is 5. The van der Waals surface area contributed by atoms with Gasteiger partial charge >= 0.3 is 6.61 Å². The zero-order valence-corrected chi connectivity index (χ0v) is 18.2. The van der Waals surface area contributed by atoms with Gasteiger partial charge < -0.3 is 19.9 Å². The number of anilines is 1. The molecule has 0 radical (unpaired) electrons. The zero-order valence-electron chi connectivity index (χ0n) is 16.0. The monoisotopic (exact) mass is 552 g/mol. The van der Waals surface area contributed by atoms with E-state index in [0.717, 1.165) is 6.07 Å². The van der Waals surface area contributed by atoms with Crippen molar-refractivity contribution in [1.82, 2.24) is 9.55 Å². The molecule has 1 aromatic heterocycles. The first-order valence-electron chi connectivity index (χ1n) is 9.47. The van der Waals surface area contributed by atoms with Crippen LogP contribution in [0.15, 0.2) is 30.3 Å². The molecule has 3 aromatic rings. The van der Waals surface area contributed by atoms with Crippen LogP contribution in [0.25, 0.3) is 11.0 Å². The Hall–Kier alpha value is -2.15. The first kappa shape index (κ1) is 22.1. The SMILES string of the molecule is N[C@@H]1CN(c2nc3c(I)c(F)c(F)cc3n2Cc2ccccc2OC(F)F)CC[C@H]1F. The highest BCUT2D eigenvalue weighted by Crippen LogP contribution is 2.33. The molecule has 1 aliphatic heterocycles. The molecule has 1 aliphatic rings. The standard InChI is InChI=1S/C20H18F5IN4O/c21-11-5-6-29(9-13(11)27)20-28-18-14(7-12(22)16(23)17(18)26)30(20)8-10-3-1-2-4-15(10)31-19(24)25/h1-4,7,11,13,19H,5-6,8-9,27H2/t11-,13-/m1/s1. The average Bonchev–Trinajstić information content (AvgIpc) is 3.07. The highest BCUT2D eigenvalue weighted by Gasteiger charge is 2.30. The predicted octanol–water partition coefficient (Wildman–Crippen LogP) is 4.44. The molecule has 11 heteroatoms. The van der Waals surface area contributed by atoms with Crippen LogP contribution in [0.2, 0.25) is 0 Å². The Balaban J connectivity index is 1.85. The minimum absolute atomic E-state index is 0.000665. The number of fused-ring (bicyclic) bond motifs is 1. The molecule has 0 bridgehead atoms. The molecule has 1 fully saturated rings. The molecule has 0 saturated carbocycles. The quantitative estimate of drug-likeness (QED) is 0.289. The van der Waals surface area contributed by atoms with E-state index in [1.54, 1.807) is 50.3 Å². The molecule has 0 aliphatic carbocycles. The minimum Gasteiger partial charge on any atom is -0.434 e. The number of aromatic nitrogens is 2. The Labute approximate surface area is 188 Å². The number of imidazole rings is 1. The summed E-state index contributed by atoms with van der Waals surface area (Å²) in [6, 6.07) is 6.47. The molecule has 0 unspecified atom stereocenters. The van der Waals surface area contributed by atoms with Crippen molar-refractivity contribution in [2.24, 2.45) is 5.73 Å². The minimum atomic E-state index is -3.02. The molecule has 166 valence electrons. The van der Waals surface area contributed by atoms with Gasteiger partial charge in [0.1, 0.15) is 17.4 Å². The fourth-order valence-corrected chi connectivity index (χ4v) is 4.36. The van der Waals surface area contributed by atoms with E-state index in [4.69, 9.17) is 5.73 Å². The van der Waals surface area contributed by atoms with Crippen LogP contribution in [-0.4, -0.2) is 41.5 Å². The van der Waals surface area contributed by atoms with Gasteiger partial charge in [-0.1, -0.05) is 18.2 Å². The molecule has 2 N–H and O–H groups in total. The van der Waals surface area contributed by atoms with E-state index in [9.17, 15) is 22.0 Å². The summed E-state index contributed by atoms with van der Waals surface area (Å²) in [6.07, 6.45) is -0.987. The smallest absolute Gasteiger partial charge is 0.387 e. The highest BCUT2D eigenvalue weighted by atomic mass is 127. The van der Waals surface area contributed by atoms with E-state index in [1.807, 2.05) is 0 Å². The van der Waals surface area contributed by atoms with Gasteiger partial charge in [-0.15, -0.1) is 0 Å². The third-order valence-corrected chi connectivity index (χ3v) is 6.22. The lowest BCUT2D eigenvalue weighted by molar-refractivity contribution is -0.0504. The molecule has 1 saturated heterocycles. The van der Waals surface area contributed by atoms with E-state index < -0.39 is 30.5 Å². The lowest BCUT2D eigenvalue weighted by atomic mass is 10.1. The van der Waals surface area contributed by atoms with Crippen molar-refractivity contribution in [3.63, 3.8) is 0 Å². The van der Waals surface area contributed by atoms with E-state index in [2.05, 4.69) is 9.72 Å². The number of alkyl halides is 3. The number of nitrogens with two attached hydrogens (primary N) is 1.